The van der Waals surface area contributed by atoms with E-state index in [1.807, 2.05) is 0 Å². The molecule has 15 heavy (non-hydrogen) atoms. The summed E-state index contributed by atoms with van der Waals surface area (Å²) in [6.45, 7) is 0. The summed E-state index contributed by atoms with van der Waals surface area (Å²) in [5.74, 6) is 0. The van der Waals surface area contributed by atoms with Crippen molar-refractivity contribution in [1.29, 1.82) is 15.5 Å². The Balaban J connectivity index is -0.000000480. The normalized spacial score (nSPS) is 44.2. The van der Waals surface area contributed by atoms with E-state index in [1.165, 1.54) is 0 Å². The Kier molecular flexibility index (Phi) is 12.4. The number of rotatable bonds is 0. The summed E-state index contributed by atoms with van der Waals surface area (Å²) in [5.41, 5.74) is 0. The maximum absolute atomic E-state index is 10.6. The molecule has 1 rings (SSSR count). The van der Waals surface area contributed by atoms with E-state index in [1.54, 1.807) is 0 Å². The van der Waals surface area contributed by atoms with Crippen LogP contribution in [0.3, 0.4) is 0 Å². The second-order valence-electron chi connectivity index (χ2n) is 1.74. The first-order chi connectivity index (χ1) is 5.12. The van der Waals surface area contributed by atoms with Crippen molar-refractivity contribution in [1.82, 2.24) is 0 Å². The Morgan fingerprint density at radius 3 is 0.867 bits per heavy atom. The van der Waals surface area contributed by atoms with Crippen LogP contribution in [0.25, 0.3) is 0 Å². The zero-order valence-electron chi connectivity index (χ0n) is 8.29. The topological polar surface area (TPSA) is 168 Å². The van der Waals surface area contributed by atoms with Crippen molar-refractivity contribution in [3.05, 3.63) is 0 Å². The van der Waals surface area contributed by atoms with Crippen molar-refractivity contribution in [3.8, 4) is 0 Å². The second-order valence-corrected chi connectivity index (χ2v) is 6.68. The molecule has 0 aromatic heterocycles. The van der Waals surface area contributed by atoms with E-state index in [4.69, 9.17) is 15.5 Å². The fourth-order valence-corrected chi connectivity index (χ4v) is 5.03. The molecule has 0 bridgehead atoms. The average Bonchev–Trinajstić information content (AvgIpc) is 1.44. The Labute approximate surface area is 152 Å². The molecule has 0 radical (unpaired) electrons. The summed E-state index contributed by atoms with van der Waals surface area (Å²) in [6.07, 6.45) is 0. The molecule has 0 aromatic carbocycles. The van der Waals surface area contributed by atoms with Crippen LogP contribution in [0, 0.1) is 15.5 Å². The van der Waals surface area contributed by atoms with Gasteiger partial charge in [0.15, 0.2) is 0 Å². The predicted octanol–water partition coefficient (Wildman–Crippen LogP) is -9.28. The maximum atomic E-state index is 10.6. The van der Waals surface area contributed by atoms with Gasteiger partial charge in [-0.3, -0.25) is 28.4 Å². The molecule has 9 nitrogen and oxygen atoms in total. The summed E-state index contributed by atoms with van der Waals surface area (Å²) in [5, 5.41) is 19.8. The zero-order chi connectivity index (χ0) is 9.62. The van der Waals surface area contributed by atoms with Crippen LogP contribution in [0.15, 0.2) is 0 Å². The average molecular weight is 303 g/mol. The third kappa shape index (κ3) is 9.05. The van der Waals surface area contributed by atoms with E-state index >= 15 is 0 Å². The fraction of sp³-hybridized carbons (Fsp3) is 0. The summed E-state index contributed by atoms with van der Waals surface area (Å²) in [4.78, 5) is 31.9. The van der Waals surface area contributed by atoms with Crippen LogP contribution in [0.5, 0.6) is 0 Å². The largest absolute Gasteiger partial charge is 1.00 e. The van der Waals surface area contributed by atoms with E-state index in [2.05, 4.69) is 12.9 Å². The first kappa shape index (κ1) is 23.5. The summed E-state index contributed by atoms with van der Waals surface area (Å²) < 4.78 is 11.1. The van der Waals surface area contributed by atoms with Gasteiger partial charge in [0.25, 0.3) is 0 Å². The van der Waals surface area contributed by atoms with Gasteiger partial charge in [-0.2, -0.15) is 0 Å². The van der Waals surface area contributed by atoms with Crippen molar-refractivity contribution in [2.24, 2.45) is 0 Å². The first-order valence-corrected chi connectivity index (χ1v) is 6.94. The fourth-order valence-electron chi connectivity index (χ4n) is 0.469. The van der Waals surface area contributed by atoms with Crippen molar-refractivity contribution in [2.75, 3.05) is 0 Å². The van der Waals surface area contributed by atoms with Crippen LogP contribution >= 0.6 is 23.2 Å². The van der Waals surface area contributed by atoms with Gasteiger partial charge in [-0.05, 0) is 0 Å². The standard InChI is InChI=1S/H3N3O6P3.3Na/c1-10(4)7-11(2,5)9-12(3,6)8-10;;;/h(H3-3,1,2,3,4,5,6);;;/q-3;3*+1. The van der Waals surface area contributed by atoms with E-state index in [-0.39, 0.29) is 88.7 Å². The predicted molar refractivity (Wildman–Crippen MR) is 32.2 cm³/mol. The number of nitrogens with one attached hydrogen (secondary N) is 3. The van der Waals surface area contributed by atoms with E-state index in [9.17, 15) is 14.7 Å². The molecule has 1 fully saturated rings. The van der Waals surface area contributed by atoms with Gasteiger partial charge in [0.05, 0.1) is 0 Å². The molecule has 0 aromatic rings. The molecule has 3 N–H and O–H groups in total. The van der Waals surface area contributed by atoms with Crippen LogP contribution in [0.2, 0.25) is 0 Å². The van der Waals surface area contributed by atoms with Crippen molar-refractivity contribution in [3.63, 3.8) is 0 Å². The van der Waals surface area contributed by atoms with Gasteiger partial charge in [-0.15, -0.1) is 0 Å². The molecule has 0 aliphatic carbocycles. The molecule has 0 amide bonds. The molecule has 1 aliphatic rings. The van der Waals surface area contributed by atoms with Gasteiger partial charge in [0, 0.05) is 0 Å². The van der Waals surface area contributed by atoms with Crippen molar-refractivity contribution >= 4 is 23.2 Å². The third-order valence-electron chi connectivity index (χ3n) is 0.645. The molecular formula is H3N3Na3O6P3. The van der Waals surface area contributed by atoms with Gasteiger partial charge in [0.2, 0.25) is 0 Å². The van der Waals surface area contributed by atoms with Gasteiger partial charge < -0.3 is 14.7 Å². The summed E-state index contributed by atoms with van der Waals surface area (Å²) in [7, 11) is -13.8. The van der Waals surface area contributed by atoms with Gasteiger partial charge in [0.1, 0.15) is 23.2 Å². The van der Waals surface area contributed by atoms with Crippen LogP contribution in [0.1, 0.15) is 0 Å². The smallest absolute Gasteiger partial charge is 0.773 e. The Hall–Kier alpha value is 3.45. The van der Waals surface area contributed by atoms with Gasteiger partial charge in [-0.1, -0.05) is 0 Å². The Morgan fingerprint density at radius 2 is 0.733 bits per heavy atom. The Bertz CT molecular complexity index is 273. The minimum atomic E-state index is -4.61. The number of hydrogen-bond acceptors (Lipinski definition) is 9. The first-order valence-electron chi connectivity index (χ1n) is 2.31. The monoisotopic (exact) mass is 303 g/mol. The SMILES string of the molecule is N=P1([O-])OP(=N)([O-])OP(=N)([O-])O1.[Na+].[Na+].[Na+]. The van der Waals surface area contributed by atoms with Crippen molar-refractivity contribution in [2.45, 2.75) is 0 Å². The molecular weight excluding hydrogens is 300 g/mol. The third-order valence-corrected chi connectivity index (χ3v) is 5.80. The van der Waals surface area contributed by atoms with Crippen LogP contribution in [-0.2, 0) is 12.9 Å². The summed E-state index contributed by atoms with van der Waals surface area (Å²) >= 11 is 0. The maximum Gasteiger partial charge on any atom is 1.00 e. The number of hydrogen-bond donors (Lipinski definition) is 3. The molecule has 1 heterocycles. The van der Waals surface area contributed by atoms with Gasteiger partial charge >= 0.3 is 88.7 Å². The molecule has 0 atom stereocenters. The quantitative estimate of drug-likeness (QED) is 0.296. The minimum absolute atomic E-state index is 0. The van der Waals surface area contributed by atoms with E-state index in [0.717, 1.165) is 0 Å². The second kappa shape index (κ2) is 7.90. The molecule has 0 unspecified atom stereocenters. The molecule has 15 heteroatoms. The molecule has 1 saturated heterocycles. The van der Waals surface area contributed by atoms with Crippen LogP contribution in [-0.4, -0.2) is 0 Å². The molecule has 0 saturated carbocycles. The van der Waals surface area contributed by atoms with E-state index < -0.39 is 23.2 Å². The Morgan fingerprint density at radius 1 is 0.600 bits per heavy atom. The summed E-state index contributed by atoms with van der Waals surface area (Å²) in [6, 6.07) is 0. The van der Waals surface area contributed by atoms with Crippen LogP contribution in [0.4, 0.5) is 0 Å². The van der Waals surface area contributed by atoms with Crippen LogP contribution < -0.4 is 103 Å². The van der Waals surface area contributed by atoms with Gasteiger partial charge in [-0.25, -0.2) is 0 Å². The zero-order valence-corrected chi connectivity index (χ0v) is 17.0. The molecule has 1 aliphatic heterocycles. The van der Waals surface area contributed by atoms with Crippen molar-refractivity contribution < 1.29 is 116 Å². The van der Waals surface area contributed by atoms with E-state index in [0.29, 0.717) is 0 Å². The molecule has 0 spiro atoms. The minimum Gasteiger partial charge on any atom is -0.773 e. The molecule has 72 valence electrons.